The molecule has 0 amide bonds. The van der Waals surface area contributed by atoms with Crippen molar-refractivity contribution < 1.29 is 0 Å². The zero-order valence-corrected chi connectivity index (χ0v) is 17.8. The fourth-order valence-corrected chi connectivity index (χ4v) is 5.43. The average molecular weight is 422 g/mol. The number of hydrogen-bond acceptors (Lipinski definition) is 3. The summed E-state index contributed by atoms with van der Waals surface area (Å²) >= 11 is 8.01. The molecular weight excluding hydrogens is 398 g/mol. The van der Waals surface area contributed by atoms with Crippen LogP contribution >= 0.6 is 22.9 Å². The van der Waals surface area contributed by atoms with E-state index in [-0.39, 0.29) is 0 Å². The fraction of sp³-hybridized carbons (Fsp3) is 0.250. The summed E-state index contributed by atoms with van der Waals surface area (Å²) in [5, 5.41) is 6.44. The van der Waals surface area contributed by atoms with Crippen LogP contribution in [0.1, 0.15) is 36.4 Å². The highest BCUT2D eigenvalue weighted by Gasteiger charge is 2.27. The van der Waals surface area contributed by atoms with E-state index in [4.69, 9.17) is 17.3 Å². The second-order valence-corrected chi connectivity index (χ2v) is 9.00. The van der Waals surface area contributed by atoms with Crippen molar-refractivity contribution >= 4 is 39.4 Å². The molecule has 148 valence electrons. The number of nitrogens with zero attached hydrogens (tertiary/aromatic N) is 1. The molecule has 0 spiro atoms. The predicted octanol–water partition coefficient (Wildman–Crippen LogP) is 6.28. The Bertz CT molecular complexity index is 1120. The summed E-state index contributed by atoms with van der Waals surface area (Å²) in [5.41, 5.74) is 13.7. The number of aromatic nitrogens is 1. The fourth-order valence-electron chi connectivity index (χ4n) is 4.58. The van der Waals surface area contributed by atoms with Gasteiger partial charge in [-0.1, -0.05) is 23.8 Å². The van der Waals surface area contributed by atoms with Gasteiger partial charge in [-0.25, -0.2) is 0 Å². The van der Waals surface area contributed by atoms with Crippen molar-refractivity contribution in [1.29, 1.82) is 0 Å². The highest BCUT2D eigenvalue weighted by atomic mass is 35.5. The van der Waals surface area contributed by atoms with Crippen LogP contribution in [-0.4, -0.2) is 23.0 Å². The molecule has 0 radical (unpaired) electrons. The minimum Gasteiger partial charge on any atom is -0.399 e. The van der Waals surface area contributed by atoms with E-state index in [9.17, 15) is 0 Å². The van der Waals surface area contributed by atoms with E-state index < -0.39 is 0 Å². The molecule has 0 fully saturated rings. The Kier molecular flexibility index (Phi) is 5.08. The Labute approximate surface area is 180 Å². The number of halogens is 1. The van der Waals surface area contributed by atoms with Crippen LogP contribution in [0.2, 0.25) is 5.02 Å². The first-order valence-electron chi connectivity index (χ1n) is 10.1. The topological polar surface area (TPSA) is 45.0 Å². The lowest BCUT2D eigenvalue weighted by Crippen LogP contribution is -2.34. The molecule has 5 heteroatoms. The summed E-state index contributed by atoms with van der Waals surface area (Å²) in [6.07, 6.45) is 12.0. The summed E-state index contributed by atoms with van der Waals surface area (Å²) in [7, 11) is 0. The largest absolute Gasteiger partial charge is 0.399 e. The van der Waals surface area contributed by atoms with E-state index in [1.54, 1.807) is 11.3 Å². The van der Waals surface area contributed by atoms with Gasteiger partial charge >= 0.3 is 0 Å². The molecular formula is C24H24ClN3S. The summed E-state index contributed by atoms with van der Waals surface area (Å²) < 4.78 is 0. The Morgan fingerprint density at radius 3 is 2.86 bits per heavy atom. The van der Waals surface area contributed by atoms with Gasteiger partial charge in [-0.15, -0.1) is 0 Å². The number of hydrogen-bond donors (Lipinski definition) is 2. The summed E-state index contributed by atoms with van der Waals surface area (Å²) in [4.78, 5) is 5.97. The first-order chi connectivity index (χ1) is 14.2. The number of fused-ring (bicyclic) bond motifs is 1. The molecule has 1 unspecified atom stereocenters. The van der Waals surface area contributed by atoms with E-state index in [0.717, 1.165) is 48.6 Å². The highest BCUT2D eigenvalue weighted by Crippen LogP contribution is 2.38. The molecule has 1 aromatic carbocycles. The normalized spacial score (nSPS) is 19.0. The average Bonchev–Trinajstić information content (AvgIpc) is 3.39. The minimum absolute atomic E-state index is 0.309. The lowest BCUT2D eigenvalue weighted by atomic mass is 9.90. The van der Waals surface area contributed by atoms with Gasteiger partial charge in [0.05, 0.1) is 6.04 Å². The predicted molar refractivity (Wildman–Crippen MR) is 124 cm³/mol. The molecule has 2 aromatic heterocycles. The number of nitrogens with one attached hydrogen (secondary N) is 1. The van der Waals surface area contributed by atoms with Crippen molar-refractivity contribution in [2.24, 2.45) is 5.73 Å². The van der Waals surface area contributed by atoms with Crippen molar-refractivity contribution in [1.82, 2.24) is 9.88 Å². The second-order valence-electron chi connectivity index (χ2n) is 7.79. The van der Waals surface area contributed by atoms with E-state index in [2.05, 4.69) is 63.3 Å². The number of nitrogens with two attached hydrogens (primary N) is 1. The van der Waals surface area contributed by atoms with E-state index in [1.807, 2.05) is 6.07 Å². The maximum Gasteiger partial charge on any atom is 0.0576 e. The Balaban J connectivity index is 1.44. The van der Waals surface area contributed by atoms with E-state index in [1.165, 1.54) is 27.7 Å². The number of H-pyrrole nitrogens is 1. The number of rotatable bonds is 4. The van der Waals surface area contributed by atoms with Crippen LogP contribution in [0.15, 0.2) is 70.7 Å². The molecule has 0 saturated carbocycles. The van der Waals surface area contributed by atoms with Crippen LogP contribution < -0.4 is 5.73 Å². The monoisotopic (exact) mass is 421 g/mol. The van der Waals surface area contributed by atoms with Gasteiger partial charge in [-0.2, -0.15) is 11.3 Å². The molecule has 1 atom stereocenters. The number of aromatic amines is 1. The molecule has 3 aromatic rings. The maximum atomic E-state index is 6.24. The van der Waals surface area contributed by atoms with E-state index in [0.29, 0.717) is 6.04 Å². The highest BCUT2D eigenvalue weighted by molar-refractivity contribution is 7.08. The van der Waals surface area contributed by atoms with E-state index >= 15 is 0 Å². The van der Waals surface area contributed by atoms with Crippen LogP contribution in [0.4, 0.5) is 0 Å². The molecule has 0 saturated heterocycles. The number of thiophene rings is 1. The molecule has 3 heterocycles. The Morgan fingerprint density at radius 1 is 1.17 bits per heavy atom. The minimum atomic E-state index is 0.309. The maximum absolute atomic E-state index is 6.24. The molecule has 29 heavy (non-hydrogen) atoms. The summed E-state index contributed by atoms with van der Waals surface area (Å²) in [5.74, 6) is 0. The third kappa shape index (κ3) is 3.68. The molecule has 0 bridgehead atoms. The van der Waals surface area contributed by atoms with Crippen LogP contribution in [0, 0.1) is 0 Å². The van der Waals surface area contributed by atoms with Crippen molar-refractivity contribution in [2.45, 2.75) is 25.3 Å². The Hall–Kier alpha value is -2.27. The Morgan fingerprint density at radius 2 is 2.10 bits per heavy atom. The van der Waals surface area contributed by atoms with Crippen LogP contribution in [0.25, 0.3) is 16.5 Å². The van der Waals surface area contributed by atoms with Gasteiger partial charge in [-0.3, -0.25) is 4.90 Å². The van der Waals surface area contributed by atoms with Crippen LogP contribution in [0.5, 0.6) is 0 Å². The molecule has 3 N–H and O–H groups in total. The first kappa shape index (κ1) is 18.7. The third-order valence-electron chi connectivity index (χ3n) is 5.97. The van der Waals surface area contributed by atoms with Crippen molar-refractivity contribution in [2.75, 3.05) is 13.1 Å². The molecule has 1 aliphatic carbocycles. The number of benzene rings is 1. The summed E-state index contributed by atoms with van der Waals surface area (Å²) in [6.45, 7) is 1.96. The molecule has 3 nitrogen and oxygen atoms in total. The lowest BCUT2D eigenvalue weighted by molar-refractivity contribution is 0.242. The van der Waals surface area contributed by atoms with Gasteiger partial charge in [-0.05, 0) is 77.1 Å². The quantitative estimate of drug-likeness (QED) is 0.521. The molecule has 1 aliphatic heterocycles. The van der Waals surface area contributed by atoms with Crippen molar-refractivity contribution in [3.05, 3.63) is 86.9 Å². The van der Waals surface area contributed by atoms with Crippen LogP contribution in [0.3, 0.4) is 0 Å². The first-order valence-corrected chi connectivity index (χ1v) is 11.4. The van der Waals surface area contributed by atoms with Gasteiger partial charge in [0.25, 0.3) is 0 Å². The standard InChI is InChI=1S/C24H24ClN3S/c25-19-4-5-23-21(13-19)22(14-27-23)16-6-9-28(10-7-16)24(18-8-11-29-15-18)17-2-1-3-20(26)12-17/h3-6,8,11-15,24,27H,1-2,7,9-10,26H2. The molecule has 2 aliphatic rings. The van der Waals surface area contributed by atoms with Gasteiger partial charge in [0.15, 0.2) is 0 Å². The zero-order valence-electron chi connectivity index (χ0n) is 16.2. The number of allylic oxidation sites excluding steroid dienone is 2. The summed E-state index contributed by atoms with van der Waals surface area (Å²) in [6, 6.07) is 8.61. The van der Waals surface area contributed by atoms with Crippen molar-refractivity contribution in [3.63, 3.8) is 0 Å². The second kappa shape index (κ2) is 7.86. The van der Waals surface area contributed by atoms with Crippen LogP contribution in [-0.2, 0) is 0 Å². The zero-order chi connectivity index (χ0) is 19.8. The van der Waals surface area contributed by atoms with Crippen molar-refractivity contribution in [3.8, 4) is 0 Å². The van der Waals surface area contributed by atoms with Gasteiger partial charge in [0, 0.05) is 46.5 Å². The third-order valence-corrected chi connectivity index (χ3v) is 6.91. The van der Waals surface area contributed by atoms with Gasteiger partial charge in [0.1, 0.15) is 0 Å². The van der Waals surface area contributed by atoms with Gasteiger partial charge in [0.2, 0.25) is 0 Å². The SMILES string of the molecule is NC1=CCCC(C(c2ccsc2)N2CC=C(c3c[nH]c4ccc(Cl)cc34)CC2)=C1. The smallest absolute Gasteiger partial charge is 0.0576 e. The van der Waals surface area contributed by atoms with Gasteiger partial charge < -0.3 is 10.7 Å². The lowest BCUT2D eigenvalue weighted by Gasteiger charge is -2.36. The molecule has 5 rings (SSSR count).